The van der Waals surface area contributed by atoms with Crippen molar-refractivity contribution in [1.82, 2.24) is 0 Å². The van der Waals surface area contributed by atoms with Crippen LogP contribution in [0.25, 0.3) is 0 Å². The van der Waals surface area contributed by atoms with Crippen molar-refractivity contribution in [2.24, 2.45) is 17.4 Å². The van der Waals surface area contributed by atoms with Crippen molar-refractivity contribution < 1.29 is 44.6 Å². The number of rotatable bonds is 9. The van der Waals surface area contributed by atoms with E-state index in [1.165, 1.54) is 0 Å². The molecule has 2 fully saturated rings. The first-order chi connectivity index (χ1) is 14.6. The number of nitrogens with zero attached hydrogens (tertiary/aromatic N) is 1. The van der Waals surface area contributed by atoms with E-state index in [0.717, 1.165) is 0 Å². The van der Waals surface area contributed by atoms with Crippen molar-refractivity contribution in [3.63, 3.8) is 0 Å². The molecule has 0 bridgehead atoms. The Bertz CT molecular complexity index is 665. The van der Waals surface area contributed by atoms with Crippen LogP contribution in [0.4, 0.5) is 35.1 Å². The molecule has 2 saturated carbocycles. The van der Waals surface area contributed by atoms with Crippen LogP contribution < -0.4 is 11.5 Å². The van der Waals surface area contributed by atoms with Crippen LogP contribution >= 0.6 is 0 Å². The molecule has 32 heavy (non-hydrogen) atoms. The first-order valence-corrected chi connectivity index (χ1v) is 10.3. The highest BCUT2D eigenvalue weighted by Crippen LogP contribution is 2.53. The number of ether oxygens (including phenoxy) is 2. The summed E-state index contributed by atoms with van der Waals surface area (Å²) in [6, 6.07) is 0.637. The first-order valence-electron chi connectivity index (χ1n) is 10.3. The average molecular weight is 481 g/mol. The van der Waals surface area contributed by atoms with Crippen molar-refractivity contribution in [2.75, 3.05) is 13.2 Å². The number of nitriles is 1. The summed E-state index contributed by atoms with van der Waals surface area (Å²) < 4.78 is 122. The number of hydrogen-bond donors (Lipinski definition) is 2. The van der Waals surface area contributed by atoms with Gasteiger partial charge in [-0.2, -0.15) is 40.4 Å². The van der Waals surface area contributed by atoms with Crippen molar-refractivity contribution in [3.05, 3.63) is 0 Å². The van der Waals surface area contributed by atoms with E-state index in [2.05, 4.69) is 9.47 Å². The van der Waals surface area contributed by atoms with E-state index < -0.39 is 61.2 Å². The smallest absolute Gasteiger partial charge is 0.372 e. The van der Waals surface area contributed by atoms with E-state index in [4.69, 9.17) is 16.7 Å². The van der Waals surface area contributed by atoms with Crippen LogP contribution in [-0.2, 0) is 9.47 Å². The molecule has 2 aliphatic rings. The SMILES string of the molecule is N#CC1CCC(OCC(F)(F)C(F)(F)C(F)(F)C(F)(F)COC2CC(N)CCC2N)CC1. The Kier molecular flexibility index (Phi) is 8.40. The Labute approximate surface area is 180 Å². The van der Waals surface area contributed by atoms with E-state index in [1.54, 1.807) is 0 Å². The zero-order valence-electron chi connectivity index (χ0n) is 17.2. The third-order valence-corrected chi connectivity index (χ3v) is 6.03. The van der Waals surface area contributed by atoms with Gasteiger partial charge in [-0.05, 0) is 44.9 Å². The summed E-state index contributed by atoms with van der Waals surface area (Å²) in [6.45, 7) is -4.40. The molecule has 2 rings (SSSR count). The van der Waals surface area contributed by atoms with Gasteiger partial charge in [0.2, 0.25) is 0 Å². The molecule has 13 heteroatoms. The fraction of sp³-hybridized carbons (Fsp3) is 0.947. The number of nitrogens with two attached hydrogens (primary N) is 2. The van der Waals surface area contributed by atoms with Crippen LogP contribution in [0, 0.1) is 17.2 Å². The summed E-state index contributed by atoms with van der Waals surface area (Å²) in [7, 11) is 0. The van der Waals surface area contributed by atoms with Gasteiger partial charge in [0.15, 0.2) is 0 Å². The van der Waals surface area contributed by atoms with Crippen molar-refractivity contribution in [2.45, 2.75) is 92.9 Å². The van der Waals surface area contributed by atoms with Crippen LogP contribution in [0.15, 0.2) is 0 Å². The van der Waals surface area contributed by atoms with Gasteiger partial charge >= 0.3 is 23.7 Å². The molecule has 0 amide bonds. The molecule has 0 radical (unpaired) electrons. The fourth-order valence-corrected chi connectivity index (χ4v) is 3.81. The summed E-state index contributed by atoms with van der Waals surface area (Å²) >= 11 is 0. The summed E-state index contributed by atoms with van der Waals surface area (Å²) in [6.07, 6.45) is -0.822. The zero-order valence-corrected chi connectivity index (χ0v) is 17.2. The highest BCUT2D eigenvalue weighted by molar-refractivity contribution is 5.04. The van der Waals surface area contributed by atoms with Crippen LogP contribution in [0.2, 0.25) is 0 Å². The number of hydrogen-bond acceptors (Lipinski definition) is 5. The zero-order chi connectivity index (χ0) is 24.4. The predicted molar refractivity (Wildman–Crippen MR) is 96.6 cm³/mol. The van der Waals surface area contributed by atoms with Gasteiger partial charge in [-0.3, -0.25) is 0 Å². The molecular weight excluding hydrogens is 454 g/mol. The second-order valence-electron chi connectivity index (χ2n) is 8.56. The molecule has 0 heterocycles. The van der Waals surface area contributed by atoms with E-state index in [1.807, 2.05) is 6.07 Å². The molecule has 4 N–H and O–H groups in total. The minimum absolute atomic E-state index is 0.0583. The Morgan fingerprint density at radius 1 is 0.750 bits per heavy atom. The lowest BCUT2D eigenvalue weighted by Crippen LogP contribution is -2.65. The highest BCUT2D eigenvalue weighted by atomic mass is 19.4. The fourth-order valence-electron chi connectivity index (χ4n) is 3.81. The highest BCUT2D eigenvalue weighted by Gasteiger charge is 2.80. The molecule has 2 aliphatic carbocycles. The maximum Gasteiger partial charge on any atom is 0.380 e. The van der Waals surface area contributed by atoms with Gasteiger partial charge in [0, 0.05) is 18.0 Å². The number of alkyl halides is 8. The van der Waals surface area contributed by atoms with Crippen molar-refractivity contribution in [3.8, 4) is 6.07 Å². The molecule has 3 unspecified atom stereocenters. The molecule has 0 aromatic heterocycles. The molecule has 186 valence electrons. The van der Waals surface area contributed by atoms with Crippen LogP contribution in [0.3, 0.4) is 0 Å². The minimum atomic E-state index is -6.44. The van der Waals surface area contributed by atoms with E-state index in [0.29, 0.717) is 6.42 Å². The second kappa shape index (κ2) is 9.95. The van der Waals surface area contributed by atoms with Gasteiger partial charge in [0.1, 0.15) is 13.2 Å². The number of halogens is 8. The van der Waals surface area contributed by atoms with Gasteiger partial charge in [-0.25, -0.2) is 0 Å². The minimum Gasteiger partial charge on any atom is -0.372 e. The van der Waals surface area contributed by atoms with E-state index in [9.17, 15) is 35.1 Å². The largest absolute Gasteiger partial charge is 0.380 e. The summed E-state index contributed by atoms with van der Waals surface area (Å²) in [5, 5.41) is 8.78. The first kappa shape index (κ1) is 27.0. The Morgan fingerprint density at radius 3 is 1.75 bits per heavy atom. The Balaban J connectivity index is 2.02. The lowest BCUT2D eigenvalue weighted by atomic mass is 9.88. The second-order valence-corrected chi connectivity index (χ2v) is 8.56. The summed E-state index contributed by atoms with van der Waals surface area (Å²) in [4.78, 5) is 0. The van der Waals surface area contributed by atoms with Gasteiger partial charge in [0.25, 0.3) is 0 Å². The standard InChI is InChI=1S/C19H27F8N3O2/c20-16(21,9-31-13-4-1-11(8-28)2-5-13)18(24,25)19(26,27)17(22,23)10-32-15-7-12(29)3-6-14(15)30/h11-15H,1-7,9-10,29-30H2. The van der Waals surface area contributed by atoms with Crippen molar-refractivity contribution in [1.29, 1.82) is 5.26 Å². The van der Waals surface area contributed by atoms with Gasteiger partial charge in [0.05, 0.1) is 18.3 Å². The van der Waals surface area contributed by atoms with Gasteiger partial charge < -0.3 is 20.9 Å². The molecule has 3 atom stereocenters. The van der Waals surface area contributed by atoms with E-state index in [-0.39, 0.29) is 44.4 Å². The molecule has 0 aromatic carbocycles. The average Bonchev–Trinajstić information content (AvgIpc) is 2.73. The Hall–Kier alpha value is -1.23. The molecular formula is C19H27F8N3O2. The van der Waals surface area contributed by atoms with Gasteiger partial charge in [-0.15, -0.1) is 0 Å². The third-order valence-electron chi connectivity index (χ3n) is 6.03. The maximum atomic E-state index is 14.1. The Morgan fingerprint density at radius 2 is 1.25 bits per heavy atom. The van der Waals surface area contributed by atoms with Gasteiger partial charge in [-0.1, -0.05) is 0 Å². The quantitative estimate of drug-likeness (QED) is 0.488. The normalized spacial score (nSPS) is 30.7. The molecule has 0 saturated heterocycles. The predicted octanol–water partition coefficient (Wildman–Crippen LogP) is 3.85. The molecule has 5 nitrogen and oxygen atoms in total. The van der Waals surface area contributed by atoms with Crippen LogP contribution in [0.5, 0.6) is 0 Å². The third kappa shape index (κ3) is 5.63. The molecule has 0 aromatic rings. The van der Waals surface area contributed by atoms with Crippen LogP contribution in [-0.4, -0.2) is 61.2 Å². The lowest BCUT2D eigenvalue weighted by molar-refractivity contribution is -0.379. The van der Waals surface area contributed by atoms with E-state index >= 15 is 0 Å². The van der Waals surface area contributed by atoms with Crippen LogP contribution in [0.1, 0.15) is 44.9 Å². The van der Waals surface area contributed by atoms with Crippen molar-refractivity contribution >= 4 is 0 Å². The summed E-state index contributed by atoms with van der Waals surface area (Å²) in [5.41, 5.74) is 11.3. The topological polar surface area (TPSA) is 94.3 Å². The molecule has 0 spiro atoms. The maximum absolute atomic E-state index is 14.1. The molecule has 0 aliphatic heterocycles. The lowest BCUT2D eigenvalue weighted by Gasteiger charge is -2.38. The monoisotopic (exact) mass is 481 g/mol. The summed E-state index contributed by atoms with van der Waals surface area (Å²) in [5.74, 6) is -24.4.